The summed E-state index contributed by atoms with van der Waals surface area (Å²) < 4.78 is 6.80. The summed E-state index contributed by atoms with van der Waals surface area (Å²) >= 11 is 1.87. The Kier molecular flexibility index (Phi) is 4.32. The molecule has 5 heteroatoms. The fourth-order valence-electron chi connectivity index (χ4n) is 6.67. The third-order valence-electron chi connectivity index (χ3n) is 8.11. The van der Waals surface area contributed by atoms with Crippen molar-refractivity contribution in [3.63, 3.8) is 0 Å². The summed E-state index contributed by atoms with van der Waals surface area (Å²) in [5, 5.41) is 10.6. The van der Waals surface area contributed by atoms with Crippen LogP contribution in [0.25, 0.3) is 5.57 Å². The van der Waals surface area contributed by atoms with Crippen molar-refractivity contribution in [3.05, 3.63) is 87.0 Å². The maximum absolute atomic E-state index is 11.3. The molecule has 3 heterocycles. The standard InChI is InChI=1S/C29H27NO3S/c1-29(2)21-13-16(14-26(31)32)7-8-17(21)18-9-10-23-19(27(18)29)15-20-24(33-23)11-12-30-22-5-3-4-6-25(22)34-28(20)30/h3-8,13,15,23-24H,9-12,14H2,1-2H3,(H,31,32). The predicted octanol–water partition coefficient (Wildman–Crippen LogP) is 6.07. The zero-order chi connectivity index (χ0) is 23.2. The molecule has 2 aliphatic carbocycles. The average molecular weight is 470 g/mol. The number of benzene rings is 2. The summed E-state index contributed by atoms with van der Waals surface area (Å²) in [6.45, 7) is 5.58. The third kappa shape index (κ3) is 2.80. The van der Waals surface area contributed by atoms with Crippen LogP contribution in [0.4, 0.5) is 5.69 Å². The molecule has 172 valence electrons. The SMILES string of the molecule is CC1(C)C2=C(CCC3OC4CCN5C(=C4C=C23)Sc2ccccc25)c2ccc(CC(=O)O)cc21. The fourth-order valence-corrected chi connectivity index (χ4v) is 7.91. The van der Waals surface area contributed by atoms with E-state index in [0.717, 1.165) is 31.4 Å². The van der Waals surface area contributed by atoms with E-state index in [1.165, 1.54) is 49.0 Å². The van der Waals surface area contributed by atoms with Crippen LogP contribution in [0.1, 0.15) is 49.8 Å². The van der Waals surface area contributed by atoms with Crippen molar-refractivity contribution in [1.29, 1.82) is 0 Å². The smallest absolute Gasteiger partial charge is 0.307 e. The van der Waals surface area contributed by atoms with E-state index in [4.69, 9.17) is 4.74 Å². The second-order valence-electron chi connectivity index (χ2n) is 10.5. The maximum atomic E-state index is 11.3. The highest BCUT2D eigenvalue weighted by Gasteiger charge is 2.47. The van der Waals surface area contributed by atoms with Crippen molar-refractivity contribution in [3.8, 4) is 0 Å². The van der Waals surface area contributed by atoms with E-state index < -0.39 is 5.97 Å². The summed E-state index contributed by atoms with van der Waals surface area (Å²) in [5.74, 6) is -0.784. The molecule has 2 aromatic carbocycles. The molecule has 0 aromatic heterocycles. The van der Waals surface area contributed by atoms with E-state index in [0.29, 0.717) is 0 Å². The van der Waals surface area contributed by atoms with Crippen LogP contribution in [0.15, 0.2) is 75.2 Å². The van der Waals surface area contributed by atoms with Crippen LogP contribution in [-0.4, -0.2) is 29.8 Å². The minimum Gasteiger partial charge on any atom is -0.481 e. The van der Waals surface area contributed by atoms with Gasteiger partial charge in [-0.2, -0.15) is 0 Å². The summed E-state index contributed by atoms with van der Waals surface area (Å²) in [4.78, 5) is 15.1. The van der Waals surface area contributed by atoms with E-state index in [1.807, 2.05) is 17.8 Å². The number of hydrogen-bond donors (Lipinski definition) is 1. The lowest BCUT2D eigenvalue weighted by Crippen LogP contribution is -2.40. The van der Waals surface area contributed by atoms with Crippen LogP contribution >= 0.6 is 11.8 Å². The molecule has 2 unspecified atom stereocenters. The van der Waals surface area contributed by atoms with Crippen molar-refractivity contribution >= 4 is 29.0 Å². The zero-order valence-corrected chi connectivity index (χ0v) is 20.2. The normalized spacial score (nSPS) is 25.7. The molecule has 0 radical (unpaired) electrons. The van der Waals surface area contributed by atoms with Gasteiger partial charge in [-0.15, -0.1) is 0 Å². The van der Waals surface area contributed by atoms with Crippen LogP contribution < -0.4 is 4.90 Å². The number of carboxylic acids is 1. The zero-order valence-electron chi connectivity index (χ0n) is 19.4. The number of para-hydroxylation sites is 1. The van der Waals surface area contributed by atoms with Crippen molar-refractivity contribution < 1.29 is 14.6 Å². The van der Waals surface area contributed by atoms with E-state index in [2.05, 4.69) is 61.2 Å². The van der Waals surface area contributed by atoms with Crippen LogP contribution in [0, 0.1) is 0 Å². The highest BCUT2D eigenvalue weighted by Crippen LogP contribution is 2.57. The number of fused-ring (bicyclic) bond motifs is 8. The molecule has 0 amide bonds. The third-order valence-corrected chi connectivity index (χ3v) is 9.33. The molecule has 34 heavy (non-hydrogen) atoms. The van der Waals surface area contributed by atoms with Crippen molar-refractivity contribution in [1.82, 2.24) is 0 Å². The van der Waals surface area contributed by atoms with E-state index in [9.17, 15) is 9.90 Å². The fraction of sp³-hybridized carbons (Fsp3) is 0.345. The van der Waals surface area contributed by atoms with Crippen LogP contribution in [-0.2, 0) is 21.4 Å². The molecule has 2 aromatic rings. The van der Waals surface area contributed by atoms with Gasteiger partial charge in [-0.25, -0.2) is 0 Å². The molecule has 0 saturated carbocycles. The van der Waals surface area contributed by atoms with Crippen molar-refractivity contribution in [2.45, 2.75) is 62.0 Å². The Morgan fingerprint density at radius 3 is 2.88 bits per heavy atom. The molecule has 5 aliphatic rings. The predicted molar refractivity (Wildman–Crippen MR) is 135 cm³/mol. The largest absolute Gasteiger partial charge is 0.481 e. The first-order valence-electron chi connectivity index (χ1n) is 12.2. The van der Waals surface area contributed by atoms with E-state index in [-0.39, 0.29) is 24.0 Å². The van der Waals surface area contributed by atoms with Gasteiger partial charge in [0.05, 0.1) is 29.3 Å². The summed E-state index contributed by atoms with van der Waals surface area (Å²) in [7, 11) is 0. The minimum absolute atomic E-state index is 0.0635. The molecule has 0 bridgehead atoms. The molecule has 3 aliphatic heterocycles. The number of carbonyl (C=O) groups is 1. The molecule has 2 atom stereocenters. The quantitative estimate of drug-likeness (QED) is 0.578. The molecule has 0 saturated heterocycles. The number of carboxylic acid groups (broad SMARTS) is 1. The van der Waals surface area contributed by atoms with Gasteiger partial charge in [-0.1, -0.05) is 55.9 Å². The van der Waals surface area contributed by atoms with E-state index >= 15 is 0 Å². The van der Waals surface area contributed by atoms with Gasteiger partial charge in [0.1, 0.15) is 0 Å². The number of thioether (sulfide) groups is 1. The topological polar surface area (TPSA) is 49.8 Å². The number of hydrogen-bond acceptors (Lipinski definition) is 4. The summed E-state index contributed by atoms with van der Waals surface area (Å²) in [5.41, 5.74) is 10.0. The molecule has 7 rings (SSSR count). The van der Waals surface area contributed by atoms with Gasteiger partial charge in [0.15, 0.2) is 0 Å². The monoisotopic (exact) mass is 469 g/mol. The Morgan fingerprint density at radius 2 is 2.03 bits per heavy atom. The van der Waals surface area contributed by atoms with Gasteiger partial charge < -0.3 is 14.7 Å². The lowest BCUT2D eigenvalue weighted by Gasteiger charge is -2.42. The van der Waals surface area contributed by atoms with Crippen LogP contribution in [0.3, 0.4) is 0 Å². The molecule has 0 fully saturated rings. The van der Waals surface area contributed by atoms with Crippen molar-refractivity contribution in [2.24, 2.45) is 0 Å². The first-order chi connectivity index (χ1) is 16.4. The van der Waals surface area contributed by atoms with Crippen LogP contribution in [0.5, 0.6) is 0 Å². The van der Waals surface area contributed by atoms with Crippen molar-refractivity contribution in [2.75, 3.05) is 11.4 Å². The Balaban J connectivity index is 1.35. The number of ether oxygens (including phenoxy) is 1. The molecular formula is C29H27NO3S. The number of anilines is 1. The number of rotatable bonds is 2. The van der Waals surface area contributed by atoms with Crippen LogP contribution in [0.2, 0.25) is 0 Å². The Hall–Kier alpha value is -2.76. The number of allylic oxidation sites excluding steroid dienone is 1. The summed E-state index contributed by atoms with van der Waals surface area (Å²) in [6, 6.07) is 14.9. The highest BCUT2D eigenvalue weighted by molar-refractivity contribution is 8.03. The van der Waals surface area contributed by atoms with E-state index in [1.54, 1.807) is 0 Å². The lowest BCUT2D eigenvalue weighted by molar-refractivity contribution is -0.136. The maximum Gasteiger partial charge on any atom is 0.307 e. The van der Waals surface area contributed by atoms with Gasteiger partial charge in [-0.05, 0) is 70.9 Å². The van der Waals surface area contributed by atoms with Gasteiger partial charge in [0.2, 0.25) is 0 Å². The summed E-state index contributed by atoms with van der Waals surface area (Å²) in [6.07, 6.45) is 5.86. The molecular weight excluding hydrogens is 442 g/mol. The number of nitrogens with zero attached hydrogens (tertiary/aromatic N) is 1. The number of aliphatic carboxylic acids is 1. The Bertz CT molecular complexity index is 1370. The molecule has 4 nitrogen and oxygen atoms in total. The average Bonchev–Trinajstić information content (AvgIpc) is 3.31. The second-order valence-corrected chi connectivity index (χ2v) is 11.5. The highest BCUT2D eigenvalue weighted by atomic mass is 32.2. The molecule has 0 spiro atoms. The van der Waals surface area contributed by atoms with Gasteiger partial charge in [-0.3, -0.25) is 4.79 Å². The Morgan fingerprint density at radius 1 is 1.18 bits per heavy atom. The Labute approximate surface area is 204 Å². The second kappa shape index (κ2) is 7.12. The molecule has 1 N–H and O–H groups in total. The van der Waals surface area contributed by atoms with Gasteiger partial charge >= 0.3 is 5.97 Å². The lowest BCUT2D eigenvalue weighted by atomic mass is 9.72. The van der Waals surface area contributed by atoms with Gasteiger partial charge in [0, 0.05) is 22.4 Å². The first kappa shape index (κ1) is 20.6. The van der Waals surface area contributed by atoms with Gasteiger partial charge in [0.25, 0.3) is 0 Å². The first-order valence-corrected chi connectivity index (χ1v) is 13.0. The minimum atomic E-state index is -0.784.